The lowest BCUT2D eigenvalue weighted by atomic mass is 9.84. The normalized spacial score (nSPS) is 16.6. The van der Waals surface area contributed by atoms with E-state index >= 15 is 0 Å². The average molecular weight is 605 g/mol. The third-order valence-electron chi connectivity index (χ3n) is 7.66. The van der Waals surface area contributed by atoms with Gasteiger partial charge in [-0.15, -0.1) is 0 Å². The number of methoxy groups -OCH3 is 1. The van der Waals surface area contributed by atoms with Crippen LogP contribution in [-0.4, -0.2) is 57.1 Å². The number of amides is 2. The zero-order chi connectivity index (χ0) is 31.4. The molecule has 1 aliphatic rings. The number of para-hydroxylation sites is 1. The maximum atomic E-state index is 14.0. The Kier molecular flexibility index (Phi) is 10.8. The molecule has 3 atom stereocenters. The molecule has 230 valence electrons. The predicted molar refractivity (Wildman–Crippen MR) is 171 cm³/mol. The second kappa shape index (κ2) is 15.5. The number of anilines is 1. The summed E-state index contributed by atoms with van der Waals surface area (Å²) < 4.78 is 17.2. The zero-order valence-corrected chi connectivity index (χ0v) is 25.0. The van der Waals surface area contributed by atoms with Crippen molar-refractivity contribution in [3.8, 4) is 11.8 Å². The molecule has 0 saturated carbocycles. The quantitative estimate of drug-likeness (QED) is 0.220. The highest BCUT2D eigenvalue weighted by atomic mass is 16.5. The van der Waals surface area contributed by atoms with Gasteiger partial charge in [0.15, 0.2) is 0 Å². The van der Waals surface area contributed by atoms with Crippen molar-refractivity contribution in [3.63, 3.8) is 0 Å². The molecule has 9 nitrogen and oxygen atoms in total. The fourth-order valence-corrected chi connectivity index (χ4v) is 5.47. The van der Waals surface area contributed by atoms with Crippen LogP contribution in [0.15, 0.2) is 109 Å². The molecule has 0 unspecified atom stereocenters. The Morgan fingerprint density at radius 2 is 1.51 bits per heavy atom. The van der Waals surface area contributed by atoms with Gasteiger partial charge in [0.05, 0.1) is 24.8 Å². The summed E-state index contributed by atoms with van der Waals surface area (Å²) in [6.07, 6.45) is -0.479. The van der Waals surface area contributed by atoms with Gasteiger partial charge >= 0.3 is 6.09 Å². The average Bonchev–Trinajstić information content (AvgIpc) is 3.09. The van der Waals surface area contributed by atoms with E-state index in [1.165, 1.54) is 7.11 Å². The van der Waals surface area contributed by atoms with Gasteiger partial charge in [0.1, 0.15) is 24.5 Å². The summed E-state index contributed by atoms with van der Waals surface area (Å²) in [5.74, 6) is -0.171. The van der Waals surface area contributed by atoms with E-state index in [0.29, 0.717) is 43.1 Å². The molecule has 3 N–H and O–H groups in total. The van der Waals surface area contributed by atoms with Crippen LogP contribution >= 0.6 is 0 Å². The van der Waals surface area contributed by atoms with Crippen LogP contribution in [-0.2, 0) is 20.7 Å². The van der Waals surface area contributed by atoms with Crippen molar-refractivity contribution >= 4 is 17.7 Å². The van der Waals surface area contributed by atoms with E-state index in [-0.39, 0.29) is 18.1 Å². The Morgan fingerprint density at radius 3 is 2.16 bits per heavy atom. The Morgan fingerprint density at radius 1 is 0.889 bits per heavy atom. The number of carbonyl (C=O) groups excluding carboxylic acids is 2. The minimum absolute atomic E-state index is 0.156. The van der Waals surface area contributed by atoms with Crippen LogP contribution in [0, 0.1) is 11.3 Å². The van der Waals surface area contributed by atoms with Crippen LogP contribution in [0.5, 0.6) is 5.75 Å². The van der Waals surface area contributed by atoms with E-state index in [2.05, 4.69) is 22.0 Å². The van der Waals surface area contributed by atoms with Gasteiger partial charge in [0.2, 0.25) is 5.91 Å². The number of nitriles is 1. The number of benzene rings is 4. The zero-order valence-electron chi connectivity index (χ0n) is 25.0. The lowest BCUT2D eigenvalue weighted by Gasteiger charge is -2.31. The van der Waals surface area contributed by atoms with Crippen LogP contribution in [0.25, 0.3) is 0 Å². The molecule has 9 heteroatoms. The Balaban J connectivity index is 1.31. The van der Waals surface area contributed by atoms with Crippen molar-refractivity contribution in [2.24, 2.45) is 0 Å². The summed E-state index contributed by atoms with van der Waals surface area (Å²) in [5.41, 5.74) is 3.87. The molecule has 1 aliphatic heterocycles. The first-order valence-electron chi connectivity index (χ1n) is 14.9. The second-order valence-electron chi connectivity index (χ2n) is 10.7. The molecule has 4 aromatic rings. The number of alkyl carbamates (subject to hydrolysis) is 1. The van der Waals surface area contributed by atoms with Crippen molar-refractivity contribution < 1.29 is 23.8 Å². The number of nitrogens with one attached hydrogen (secondary N) is 3. The van der Waals surface area contributed by atoms with Gasteiger partial charge < -0.3 is 30.2 Å². The molecule has 5 rings (SSSR count). The van der Waals surface area contributed by atoms with E-state index < -0.39 is 18.1 Å². The summed E-state index contributed by atoms with van der Waals surface area (Å²) in [6.45, 7) is 1.65. The molecule has 4 aromatic carbocycles. The lowest BCUT2D eigenvalue weighted by Crippen LogP contribution is -2.48. The monoisotopic (exact) mass is 604 g/mol. The first-order chi connectivity index (χ1) is 22.0. The number of hydrogen-bond acceptors (Lipinski definition) is 7. The fourth-order valence-electron chi connectivity index (χ4n) is 5.47. The van der Waals surface area contributed by atoms with E-state index in [1.807, 2.05) is 84.9 Å². The standard InChI is InChI=1S/C36H36N4O5/c1-43-36(42)40-34(33(26-10-4-2-5-11-26)27-12-6-3-7-13-27)35(41)39-32-15-9-8-14-28(32)20-30-22-38-23-31(45-30)24-44-29-18-16-25(21-37)17-19-29/h2-19,30-31,33-34,38H,20,22-24H2,1H3,(H,39,41)(H,40,42)/t30-,31-,34-/m0/s1. The second-order valence-corrected chi connectivity index (χ2v) is 10.7. The van der Waals surface area contributed by atoms with E-state index in [9.17, 15) is 9.59 Å². The number of rotatable bonds is 11. The third-order valence-corrected chi connectivity index (χ3v) is 7.66. The summed E-state index contributed by atoms with van der Waals surface area (Å²) in [4.78, 5) is 26.6. The van der Waals surface area contributed by atoms with Crippen molar-refractivity contribution in [2.45, 2.75) is 30.6 Å². The summed E-state index contributed by atoms with van der Waals surface area (Å²) in [6, 6.07) is 35.0. The highest BCUT2D eigenvalue weighted by Crippen LogP contribution is 2.30. The van der Waals surface area contributed by atoms with Crippen LogP contribution in [0.4, 0.5) is 10.5 Å². The van der Waals surface area contributed by atoms with Crippen LogP contribution < -0.4 is 20.7 Å². The van der Waals surface area contributed by atoms with Gasteiger partial charge in [-0.3, -0.25) is 4.79 Å². The molecule has 2 amide bonds. The molecule has 0 spiro atoms. The first kappa shape index (κ1) is 31.3. The molecule has 0 bridgehead atoms. The van der Waals surface area contributed by atoms with Gasteiger partial charge in [0.25, 0.3) is 0 Å². The Hall–Kier alpha value is -5.17. The summed E-state index contributed by atoms with van der Waals surface area (Å²) in [5, 5.41) is 18.3. The maximum absolute atomic E-state index is 14.0. The fraction of sp³-hybridized carbons (Fsp3) is 0.250. The third kappa shape index (κ3) is 8.48. The topological polar surface area (TPSA) is 122 Å². The van der Waals surface area contributed by atoms with Crippen molar-refractivity contribution in [3.05, 3.63) is 131 Å². The molecule has 45 heavy (non-hydrogen) atoms. The Bertz CT molecular complexity index is 1550. The van der Waals surface area contributed by atoms with Crippen LogP contribution in [0.3, 0.4) is 0 Å². The van der Waals surface area contributed by atoms with Crippen molar-refractivity contribution in [2.75, 3.05) is 32.1 Å². The minimum Gasteiger partial charge on any atom is -0.491 e. The van der Waals surface area contributed by atoms with Crippen molar-refractivity contribution in [1.29, 1.82) is 5.26 Å². The molecule has 1 heterocycles. The largest absolute Gasteiger partial charge is 0.491 e. The SMILES string of the molecule is COC(=O)N[C@H](C(=O)Nc1ccccc1C[C@H]1CNC[C@@H](COc2ccc(C#N)cc2)O1)C(c1ccccc1)c1ccccc1. The maximum Gasteiger partial charge on any atom is 0.407 e. The molecule has 1 saturated heterocycles. The van der Waals surface area contributed by atoms with E-state index in [4.69, 9.17) is 19.5 Å². The van der Waals surface area contributed by atoms with Crippen LogP contribution in [0.1, 0.15) is 28.2 Å². The number of morpholine rings is 1. The molecule has 1 fully saturated rings. The molecule has 0 radical (unpaired) electrons. The molecule has 0 aromatic heterocycles. The summed E-state index contributed by atoms with van der Waals surface area (Å²) >= 11 is 0. The first-order valence-corrected chi connectivity index (χ1v) is 14.9. The highest BCUT2D eigenvalue weighted by molar-refractivity contribution is 5.98. The van der Waals surface area contributed by atoms with Crippen LogP contribution in [0.2, 0.25) is 0 Å². The number of carbonyl (C=O) groups is 2. The highest BCUT2D eigenvalue weighted by Gasteiger charge is 2.33. The lowest BCUT2D eigenvalue weighted by molar-refractivity contribution is -0.118. The number of ether oxygens (including phenoxy) is 3. The molecular weight excluding hydrogens is 568 g/mol. The minimum atomic E-state index is -0.966. The molecule has 0 aliphatic carbocycles. The van der Waals surface area contributed by atoms with Crippen molar-refractivity contribution in [1.82, 2.24) is 10.6 Å². The van der Waals surface area contributed by atoms with E-state index in [0.717, 1.165) is 16.7 Å². The number of hydrogen-bond donors (Lipinski definition) is 3. The van der Waals surface area contributed by atoms with Gasteiger partial charge in [0, 0.05) is 31.1 Å². The van der Waals surface area contributed by atoms with Gasteiger partial charge in [-0.2, -0.15) is 5.26 Å². The van der Waals surface area contributed by atoms with Gasteiger partial charge in [-0.05, 0) is 47.0 Å². The molecular formula is C36H36N4O5. The van der Waals surface area contributed by atoms with E-state index in [1.54, 1.807) is 24.3 Å². The van der Waals surface area contributed by atoms with Gasteiger partial charge in [-0.1, -0.05) is 78.9 Å². The number of nitrogens with zero attached hydrogens (tertiary/aromatic N) is 1. The summed E-state index contributed by atoms with van der Waals surface area (Å²) in [7, 11) is 1.28. The predicted octanol–water partition coefficient (Wildman–Crippen LogP) is 5.03. The van der Waals surface area contributed by atoms with Gasteiger partial charge in [-0.25, -0.2) is 4.79 Å². The Labute approximate surface area is 263 Å². The smallest absolute Gasteiger partial charge is 0.407 e.